The molecule has 0 bridgehead atoms. The van der Waals surface area contributed by atoms with Gasteiger partial charge in [-0.25, -0.2) is 25.4 Å². The predicted octanol–water partition coefficient (Wildman–Crippen LogP) is 8.22. The first-order valence-corrected chi connectivity index (χ1v) is 13.9. The van der Waals surface area contributed by atoms with E-state index in [1.807, 2.05) is 60.7 Å². The van der Waals surface area contributed by atoms with Crippen molar-refractivity contribution in [2.45, 2.75) is 0 Å². The summed E-state index contributed by atoms with van der Waals surface area (Å²) in [6.45, 7) is 0. The van der Waals surface area contributed by atoms with Crippen LogP contribution in [0.4, 0.5) is 43.7 Å². The average molecular weight is 610 g/mol. The van der Waals surface area contributed by atoms with E-state index >= 15 is 0 Å². The Balaban J connectivity index is 1.04. The Kier molecular flexibility index (Phi) is 10.7. The fraction of sp³-hybridized carbons (Fsp3) is 0. The van der Waals surface area contributed by atoms with Crippen LogP contribution in [0.2, 0.25) is 0 Å². The van der Waals surface area contributed by atoms with E-state index in [-0.39, 0.29) is 0 Å². The topological polar surface area (TPSA) is 169 Å². The number of nitrogens with zero attached hydrogens (tertiary/aromatic N) is 7. The van der Waals surface area contributed by atoms with Gasteiger partial charge in [0.2, 0.25) is 0 Å². The standard InChI is InChI=1S/C33H27N11O2/c45-32(37-24-14-18-28(19-15-24)41-39-26-8-3-1-4-9-26)43-34-22-30-12-7-13-31(36-30)23-35-44-33(46)38-25-16-20-29(21-17-25)42-40-27-10-5-2-6-11-27/h1-23H,(H2,37,43,45)(H2,38,44,46)/b34-22-,35-23-,41-39?,42-40?. The van der Waals surface area contributed by atoms with Crippen molar-refractivity contribution < 1.29 is 9.59 Å². The number of nitrogens with one attached hydrogen (secondary N) is 4. The summed E-state index contributed by atoms with van der Waals surface area (Å²) in [4.78, 5) is 28.8. The Morgan fingerprint density at radius 3 is 1.22 bits per heavy atom. The van der Waals surface area contributed by atoms with Gasteiger partial charge in [0, 0.05) is 11.4 Å². The molecule has 46 heavy (non-hydrogen) atoms. The number of benzene rings is 4. The fourth-order valence-electron chi connectivity index (χ4n) is 3.69. The van der Waals surface area contributed by atoms with Gasteiger partial charge in [-0.2, -0.15) is 30.7 Å². The molecule has 5 rings (SSSR count). The minimum absolute atomic E-state index is 0.464. The number of azo groups is 2. The molecule has 0 aliphatic heterocycles. The molecule has 0 radical (unpaired) electrons. The highest BCUT2D eigenvalue weighted by atomic mass is 16.2. The van der Waals surface area contributed by atoms with Gasteiger partial charge >= 0.3 is 12.1 Å². The molecule has 0 saturated carbocycles. The summed E-state index contributed by atoms with van der Waals surface area (Å²) < 4.78 is 0. The third-order valence-electron chi connectivity index (χ3n) is 5.84. The van der Waals surface area contributed by atoms with E-state index in [1.54, 1.807) is 66.7 Å². The molecular formula is C33H27N11O2. The van der Waals surface area contributed by atoms with Gasteiger partial charge in [-0.05, 0) is 84.9 Å². The summed E-state index contributed by atoms with van der Waals surface area (Å²) in [7, 11) is 0. The number of amides is 4. The van der Waals surface area contributed by atoms with Crippen LogP contribution in [-0.4, -0.2) is 29.5 Å². The number of hydrogen-bond donors (Lipinski definition) is 4. The maximum Gasteiger partial charge on any atom is 0.339 e. The molecule has 226 valence electrons. The van der Waals surface area contributed by atoms with Gasteiger partial charge in [0.25, 0.3) is 0 Å². The molecule has 13 nitrogen and oxygen atoms in total. The number of rotatable bonds is 10. The second-order valence-electron chi connectivity index (χ2n) is 9.30. The third kappa shape index (κ3) is 10.1. The highest BCUT2D eigenvalue weighted by Gasteiger charge is 2.02. The van der Waals surface area contributed by atoms with Crippen LogP contribution < -0.4 is 21.5 Å². The Morgan fingerprint density at radius 2 is 0.826 bits per heavy atom. The van der Waals surface area contributed by atoms with Crippen LogP contribution in [0.25, 0.3) is 0 Å². The molecule has 0 aliphatic carbocycles. The Labute approximate surface area is 263 Å². The average Bonchev–Trinajstić information content (AvgIpc) is 3.09. The largest absolute Gasteiger partial charge is 0.339 e. The van der Waals surface area contributed by atoms with Gasteiger partial charge in [0.15, 0.2) is 0 Å². The van der Waals surface area contributed by atoms with E-state index in [4.69, 9.17) is 0 Å². The molecule has 1 aromatic heterocycles. The predicted molar refractivity (Wildman–Crippen MR) is 178 cm³/mol. The van der Waals surface area contributed by atoms with Crippen molar-refractivity contribution in [2.24, 2.45) is 30.7 Å². The SMILES string of the molecule is O=C(N/N=C\c1cccc(/C=N\NC(=O)Nc2ccc(N=Nc3ccccc3)cc2)n1)Nc1ccc(N=Nc2ccccc2)cc1. The minimum Gasteiger partial charge on any atom is -0.307 e. The first-order valence-electron chi connectivity index (χ1n) is 13.9. The van der Waals surface area contributed by atoms with Crippen molar-refractivity contribution in [1.29, 1.82) is 0 Å². The maximum atomic E-state index is 12.2. The molecule has 1 heterocycles. The molecule has 5 aromatic rings. The van der Waals surface area contributed by atoms with Crippen LogP contribution >= 0.6 is 0 Å². The monoisotopic (exact) mass is 609 g/mol. The molecular weight excluding hydrogens is 582 g/mol. The van der Waals surface area contributed by atoms with Crippen molar-refractivity contribution in [3.63, 3.8) is 0 Å². The molecule has 0 saturated heterocycles. The lowest BCUT2D eigenvalue weighted by Crippen LogP contribution is -2.24. The summed E-state index contributed by atoms with van der Waals surface area (Å²) in [6.07, 6.45) is 2.76. The second kappa shape index (κ2) is 16.1. The zero-order valence-electron chi connectivity index (χ0n) is 24.2. The number of pyridine rings is 1. The van der Waals surface area contributed by atoms with E-state index < -0.39 is 12.1 Å². The number of aromatic nitrogens is 1. The van der Waals surface area contributed by atoms with Crippen molar-refractivity contribution in [2.75, 3.05) is 10.6 Å². The van der Waals surface area contributed by atoms with Crippen LogP contribution in [0.15, 0.2) is 158 Å². The first-order chi connectivity index (χ1) is 22.6. The molecule has 4 aromatic carbocycles. The summed E-state index contributed by atoms with van der Waals surface area (Å²) in [5.41, 5.74) is 9.60. The van der Waals surface area contributed by atoms with Crippen molar-refractivity contribution in [3.05, 3.63) is 139 Å². The second-order valence-corrected chi connectivity index (χ2v) is 9.30. The molecule has 13 heteroatoms. The number of anilines is 2. The number of urea groups is 2. The van der Waals surface area contributed by atoms with Gasteiger partial charge in [0.05, 0.1) is 46.6 Å². The molecule has 4 amide bonds. The van der Waals surface area contributed by atoms with Gasteiger partial charge in [-0.15, -0.1) is 0 Å². The maximum absolute atomic E-state index is 12.2. The number of hydrazone groups is 2. The Bertz CT molecular complexity index is 1720. The Hall–Kier alpha value is -6.89. The summed E-state index contributed by atoms with van der Waals surface area (Å²) >= 11 is 0. The molecule has 0 unspecified atom stereocenters. The lowest BCUT2D eigenvalue weighted by Gasteiger charge is -2.04. The summed E-state index contributed by atoms with van der Waals surface area (Å²) in [5.74, 6) is 0. The van der Waals surface area contributed by atoms with E-state index in [0.717, 1.165) is 11.4 Å². The van der Waals surface area contributed by atoms with E-state index in [9.17, 15) is 9.59 Å². The molecule has 0 atom stereocenters. The van der Waals surface area contributed by atoms with Gasteiger partial charge in [0.1, 0.15) is 0 Å². The highest BCUT2D eigenvalue weighted by molar-refractivity contribution is 5.91. The molecule has 0 spiro atoms. The highest BCUT2D eigenvalue weighted by Crippen LogP contribution is 2.21. The van der Waals surface area contributed by atoms with E-state index in [1.165, 1.54) is 12.4 Å². The van der Waals surface area contributed by atoms with Crippen LogP contribution in [-0.2, 0) is 0 Å². The minimum atomic E-state index is -0.533. The van der Waals surface area contributed by atoms with Crippen molar-refractivity contribution >= 4 is 58.6 Å². The lowest BCUT2D eigenvalue weighted by molar-refractivity contribution is 0.251. The van der Waals surface area contributed by atoms with Gasteiger partial charge in [-0.1, -0.05) is 42.5 Å². The zero-order chi connectivity index (χ0) is 31.8. The Morgan fingerprint density at radius 1 is 0.457 bits per heavy atom. The quantitative estimate of drug-likeness (QED) is 0.0712. The van der Waals surface area contributed by atoms with Crippen LogP contribution in [0.1, 0.15) is 11.4 Å². The van der Waals surface area contributed by atoms with E-state index in [0.29, 0.717) is 34.1 Å². The summed E-state index contributed by atoms with van der Waals surface area (Å²) in [6, 6.07) is 36.6. The summed E-state index contributed by atoms with van der Waals surface area (Å²) in [5, 5.41) is 29.9. The number of hydrogen-bond acceptors (Lipinski definition) is 9. The number of carbonyl (C=O) groups is 2. The lowest BCUT2D eigenvalue weighted by atomic mass is 10.3. The first kappa shape index (κ1) is 30.6. The molecule has 0 fully saturated rings. The van der Waals surface area contributed by atoms with Crippen LogP contribution in [0, 0.1) is 0 Å². The zero-order valence-corrected chi connectivity index (χ0v) is 24.2. The van der Waals surface area contributed by atoms with Gasteiger partial charge in [-0.3, -0.25) is 0 Å². The van der Waals surface area contributed by atoms with Crippen molar-refractivity contribution in [3.8, 4) is 0 Å². The van der Waals surface area contributed by atoms with Crippen LogP contribution in [0.3, 0.4) is 0 Å². The van der Waals surface area contributed by atoms with Crippen LogP contribution in [0.5, 0.6) is 0 Å². The molecule has 0 aliphatic rings. The molecule has 4 N–H and O–H groups in total. The normalized spacial score (nSPS) is 11.3. The smallest absolute Gasteiger partial charge is 0.307 e. The third-order valence-corrected chi connectivity index (χ3v) is 5.84. The van der Waals surface area contributed by atoms with Crippen molar-refractivity contribution in [1.82, 2.24) is 15.8 Å². The van der Waals surface area contributed by atoms with Gasteiger partial charge < -0.3 is 10.6 Å². The fourth-order valence-corrected chi connectivity index (χ4v) is 3.69. The van der Waals surface area contributed by atoms with E-state index in [2.05, 4.69) is 57.1 Å². The number of carbonyl (C=O) groups excluding carboxylic acids is 2.